The van der Waals surface area contributed by atoms with E-state index in [0.717, 1.165) is 6.07 Å². The van der Waals surface area contributed by atoms with Gasteiger partial charge in [-0.25, -0.2) is 8.42 Å². The van der Waals surface area contributed by atoms with Crippen LogP contribution < -0.4 is 11.5 Å². The van der Waals surface area contributed by atoms with Crippen molar-refractivity contribution in [2.75, 3.05) is 5.73 Å². The SMILES string of the molecule is CCC(C(N)=O)S(=O)(=O)c1ccc(C(F)(F)F)cc1N. The van der Waals surface area contributed by atoms with Gasteiger partial charge in [0, 0.05) is 0 Å². The Labute approximate surface area is 113 Å². The van der Waals surface area contributed by atoms with Gasteiger partial charge < -0.3 is 11.5 Å². The van der Waals surface area contributed by atoms with Crippen molar-refractivity contribution in [2.45, 2.75) is 29.7 Å². The summed E-state index contributed by atoms with van der Waals surface area (Å²) in [6, 6.07) is 1.84. The fraction of sp³-hybridized carbons (Fsp3) is 0.364. The Morgan fingerprint density at radius 3 is 2.25 bits per heavy atom. The van der Waals surface area contributed by atoms with E-state index in [1.54, 1.807) is 0 Å². The van der Waals surface area contributed by atoms with Crippen LogP contribution in [0.1, 0.15) is 18.9 Å². The smallest absolute Gasteiger partial charge is 0.398 e. The van der Waals surface area contributed by atoms with E-state index in [1.807, 2.05) is 0 Å². The van der Waals surface area contributed by atoms with Crippen LogP contribution in [0, 0.1) is 0 Å². The van der Waals surface area contributed by atoms with Crippen LogP contribution in [0.2, 0.25) is 0 Å². The molecular formula is C11H13F3N2O3S. The molecule has 4 N–H and O–H groups in total. The van der Waals surface area contributed by atoms with Crippen LogP contribution in [0.4, 0.5) is 18.9 Å². The summed E-state index contributed by atoms with van der Waals surface area (Å²) in [6.45, 7) is 1.42. The molecule has 0 spiro atoms. The van der Waals surface area contributed by atoms with Gasteiger partial charge in [0.05, 0.1) is 16.1 Å². The lowest BCUT2D eigenvalue weighted by Gasteiger charge is -2.15. The molecule has 0 bridgehead atoms. The number of anilines is 1. The predicted molar refractivity (Wildman–Crippen MR) is 66.3 cm³/mol. The minimum atomic E-state index is -4.63. The molecule has 1 amide bonds. The van der Waals surface area contributed by atoms with E-state index in [-0.39, 0.29) is 6.42 Å². The van der Waals surface area contributed by atoms with Crippen molar-refractivity contribution in [3.8, 4) is 0 Å². The zero-order valence-corrected chi connectivity index (χ0v) is 11.3. The summed E-state index contributed by atoms with van der Waals surface area (Å²) in [6.07, 6.45) is -4.73. The highest BCUT2D eigenvalue weighted by Crippen LogP contribution is 2.33. The second kappa shape index (κ2) is 5.31. The van der Waals surface area contributed by atoms with Crippen LogP contribution in [0.15, 0.2) is 23.1 Å². The fourth-order valence-electron chi connectivity index (χ4n) is 1.71. The lowest BCUT2D eigenvalue weighted by atomic mass is 10.2. The maximum absolute atomic E-state index is 12.5. The van der Waals surface area contributed by atoms with E-state index in [2.05, 4.69) is 0 Å². The molecule has 1 unspecified atom stereocenters. The number of carbonyl (C=O) groups excluding carboxylic acids is 1. The molecule has 9 heteroatoms. The standard InChI is InChI=1S/C11H13F3N2O3S/c1-2-8(10(16)17)20(18,19)9-4-3-6(5-7(9)15)11(12,13)14/h3-5,8H,2,15H2,1H3,(H2,16,17). The van der Waals surface area contributed by atoms with Crippen molar-refractivity contribution in [3.05, 3.63) is 23.8 Å². The van der Waals surface area contributed by atoms with E-state index in [0.29, 0.717) is 12.1 Å². The maximum atomic E-state index is 12.5. The molecule has 0 fully saturated rings. The Bertz CT molecular complexity index is 626. The summed E-state index contributed by atoms with van der Waals surface area (Å²) in [4.78, 5) is 10.6. The first-order chi connectivity index (χ1) is 9.01. The third-order valence-electron chi connectivity index (χ3n) is 2.71. The van der Waals surface area contributed by atoms with Crippen molar-refractivity contribution in [1.29, 1.82) is 0 Å². The quantitative estimate of drug-likeness (QED) is 0.819. The molecule has 0 aromatic heterocycles. The third kappa shape index (κ3) is 3.03. The average molecular weight is 310 g/mol. The summed E-state index contributed by atoms with van der Waals surface area (Å²) in [5.74, 6) is -1.08. The fourth-order valence-corrected chi connectivity index (χ4v) is 3.41. The van der Waals surface area contributed by atoms with Crippen molar-refractivity contribution in [3.63, 3.8) is 0 Å². The molecule has 1 aromatic carbocycles. The molecule has 0 aliphatic rings. The van der Waals surface area contributed by atoms with Gasteiger partial charge in [-0.05, 0) is 24.6 Å². The van der Waals surface area contributed by atoms with Gasteiger partial charge in [-0.15, -0.1) is 0 Å². The van der Waals surface area contributed by atoms with E-state index >= 15 is 0 Å². The minimum absolute atomic E-state index is 0.0991. The molecule has 1 aromatic rings. The Morgan fingerprint density at radius 2 is 1.90 bits per heavy atom. The van der Waals surface area contributed by atoms with Gasteiger partial charge in [0.2, 0.25) is 5.91 Å². The number of halogens is 3. The molecule has 0 radical (unpaired) electrons. The Kier molecular flexibility index (Phi) is 4.33. The van der Waals surface area contributed by atoms with Crippen LogP contribution in [-0.2, 0) is 20.8 Å². The number of sulfone groups is 1. The molecule has 20 heavy (non-hydrogen) atoms. The predicted octanol–water partition coefficient (Wildman–Crippen LogP) is 1.33. The Hall–Kier alpha value is -1.77. The molecule has 0 heterocycles. The van der Waals surface area contributed by atoms with Crippen molar-refractivity contribution in [1.82, 2.24) is 0 Å². The van der Waals surface area contributed by atoms with Crippen LogP contribution in [0.3, 0.4) is 0 Å². The largest absolute Gasteiger partial charge is 0.416 e. The van der Waals surface area contributed by atoms with E-state index < -0.39 is 43.3 Å². The lowest BCUT2D eigenvalue weighted by Crippen LogP contribution is -2.35. The number of carbonyl (C=O) groups is 1. The van der Waals surface area contributed by atoms with Gasteiger partial charge in [0.1, 0.15) is 5.25 Å². The van der Waals surface area contributed by atoms with Crippen LogP contribution in [0.5, 0.6) is 0 Å². The zero-order valence-electron chi connectivity index (χ0n) is 10.4. The molecule has 1 rings (SSSR count). The topological polar surface area (TPSA) is 103 Å². The van der Waals surface area contributed by atoms with Gasteiger partial charge in [0.25, 0.3) is 0 Å². The number of alkyl halides is 3. The van der Waals surface area contributed by atoms with Gasteiger partial charge >= 0.3 is 6.18 Å². The van der Waals surface area contributed by atoms with Crippen LogP contribution in [-0.4, -0.2) is 19.6 Å². The zero-order chi connectivity index (χ0) is 15.7. The Balaban J connectivity index is 3.38. The highest BCUT2D eigenvalue weighted by atomic mass is 32.2. The first-order valence-electron chi connectivity index (χ1n) is 5.51. The van der Waals surface area contributed by atoms with E-state index in [1.165, 1.54) is 6.92 Å². The molecule has 0 aliphatic heterocycles. The second-order valence-corrected chi connectivity index (χ2v) is 6.19. The van der Waals surface area contributed by atoms with E-state index in [4.69, 9.17) is 11.5 Å². The van der Waals surface area contributed by atoms with Gasteiger partial charge in [-0.2, -0.15) is 13.2 Å². The maximum Gasteiger partial charge on any atom is 0.416 e. The molecule has 1 atom stereocenters. The minimum Gasteiger partial charge on any atom is -0.398 e. The second-order valence-electron chi connectivity index (χ2n) is 4.09. The lowest BCUT2D eigenvalue weighted by molar-refractivity contribution is -0.137. The monoisotopic (exact) mass is 310 g/mol. The van der Waals surface area contributed by atoms with Crippen molar-refractivity contribution >= 4 is 21.4 Å². The van der Waals surface area contributed by atoms with Crippen molar-refractivity contribution in [2.24, 2.45) is 5.73 Å². The van der Waals surface area contributed by atoms with Crippen molar-refractivity contribution < 1.29 is 26.4 Å². The van der Waals surface area contributed by atoms with Gasteiger partial charge in [-0.1, -0.05) is 6.92 Å². The number of amides is 1. The van der Waals surface area contributed by atoms with Crippen LogP contribution >= 0.6 is 0 Å². The number of primary amides is 1. The van der Waals surface area contributed by atoms with Gasteiger partial charge in [0.15, 0.2) is 9.84 Å². The van der Waals surface area contributed by atoms with E-state index in [9.17, 15) is 26.4 Å². The molecular weight excluding hydrogens is 297 g/mol. The van der Waals surface area contributed by atoms with Crippen LogP contribution in [0.25, 0.3) is 0 Å². The number of rotatable bonds is 4. The summed E-state index contributed by atoms with van der Waals surface area (Å²) in [7, 11) is -4.21. The highest BCUT2D eigenvalue weighted by Gasteiger charge is 2.35. The Morgan fingerprint density at radius 1 is 1.35 bits per heavy atom. The number of nitrogen functional groups attached to an aromatic ring is 1. The first kappa shape index (κ1) is 16.3. The summed E-state index contributed by atoms with van der Waals surface area (Å²) < 4.78 is 61.7. The number of benzene rings is 1. The summed E-state index contributed by atoms with van der Waals surface area (Å²) in [5.41, 5.74) is 8.71. The summed E-state index contributed by atoms with van der Waals surface area (Å²) in [5, 5.41) is -1.53. The molecule has 112 valence electrons. The molecule has 0 saturated heterocycles. The molecule has 0 aliphatic carbocycles. The average Bonchev–Trinajstić information content (AvgIpc) is 2.26. The molecule has 0 saturated carbocycles. The summed E-state index contributed by atoms with van der Waals surface area (Å²) >= 11 is 0. The third-order valence-corrected chi connectivity index (χ3v) is 5.01. The number of hydrogen-bond acceptors (Lipinski definition) is 4. The number of nitrogens with two attached hydrogens (primary N) is 2. The molecule has 5 nitrogen and oxygen atoms in total. The normalized spacial score (nSPS) is 14.0. The first-order valence-corrected chi connectivity index (χ1v) is 7.06. The highest BCUT2D eigenvalue weighted by molar-refractivity contribution is 7.93. The van der Waals surface area contributed by atoms with Gasteiger partial charge in [-0.3, -0.25) is 4.79 Å². The number of hydrogen-bond donors (Lipinski definition) is 2.